The van der Waals surface area contributed by atoms with Crippen LogP contribution < -0.4 is 5.32 Å². The molecule has 1 N–H and O–H groups in total. The van der Waals surface area contributed by atoms with Crippen molar-refractivity contribution < 1.29 is 9.59 Å². The van der Waals surface area contributed by atoms with Gasteiger partial charge in [0.15, 0.2) is 0 Å². The third-order valence-corrected chi connectivity index (χ3v) is 3.70. The number of hydrogen-bond donors (Lipinski definition) is 1. The van der Waals surface area contributed by atoms with E-state index in [4.69, 9.17) is 0 Å². The van der Waals surface area contributed by atoms with Gasteiger partial charge in [0.2, 0.25) is 11.8 Å². The highest BCUT2D eigenvalue weighted by atomic mass is 16.2. The molecule has 0 aromatic rings. The van der Waals surface area contributed by atoms with Gasteiger partial charge in [-0.1, -0.05) is 0 Å². The fourth-order valence-electron chi connectivity index (χ4n) is 2.76. The van der Waals surface area contributed by atoms with E-state index < -0.39 is 0 Å². The summed E-state index contributed by atoms with van der Waals surface area (Å²) in [5.41, 5.74) is 0. The molecule has 5 nitrogen and oxygen atoms in total. The van der Waals surface area contributed by atoms with Crippen molar-refractivity contribution in [3.05, 3.63) is 0 Å². The van der Waals surface area contributed by atoms with Crippen LogP contribution in [0.1, 0.15) is 25.7 Å². The Kier molecular flexibility index (Phi) is 4.12. The molecule has 0 spiro atoms. The van der Waals surface area contributed by atoms with Crippen LogP contribution in [0.25, 0.3) is 0 Å². The molecule has 2 amide bonds. The summed E-state index contributed by atoms with van der Waals surface area (Å²) in [4.78, 5) is 26.8. The molecule has 2 aliphatic rings. The summed E-state index contributed by atoms with van der Waals surface area (Å²) < 4.78 is 0. The number of nitrogens with one attached hydrogen (secondary N) is 1. The van der Waals surface area contributed by atoms with Crippen molar-refractivity contribution in [3.63, 3.8) is 0 Å². The van der Waals surface area contributed by atoms with Gasteiger partial charge in [0.05, 0.1) is 0 Å². The van der Waals surface area contributed by atoms with E-state index in [-0.39, 0.29) is 11.8 Å². The van der Waals surface area contributed by atoms with E-state index >= 15 is 0 Å². The van der Waals surface area contributed by atoms with Crippen LogP contribution in [0.15, 0.2) is 0 Å². The summed E-state index contributed by atoms with van der Waals surface area (Å²) in [6, 6.07) is 0.563. The predicted molar refractivity (Wildman–Crippen MR) is 64.5 cm³/mol. The Hall–Kier alpha value is -0.940. The molecular weight excluding hydrogens is 218 g/mol. The van der Waals surface area contributed by atoms with Gasteiger partial charge in [-0.15, -0.1) is 0 Å². The highest BCUT2D eigenvalue weighted by Crippen LogP contribution is 2.17. The molecule has 0 saturated carbocycles. The second kappa shape index (κ2) is 5.60. The van der Waals surface area contributed by atoms with Crippen LogP contribution in [0.2, 0.25) is 0 Å². The molecule has 0 aromatic carbocycles. The number of likely N-dealkylation sites (tertiary alicyclic amines) is 2. The minimum absolute atomic E-state index is 0.000589. The first-order valence-corrected chi connectivity index (χ1v) is 6.44. The van der Waals surface area contributed by atoms with E-state index in [0.717, 1.165) is 19.6 Å². The zero-order valence-corrected chi connectivity index (χ0v) is 10.4. The van der Waals surface area contributed by atoms with Crippen molar-refractivity contribution in [1.82, 2.24) is 15.1 Å². The summed E-state index contributed by atoms with van der Waals surface area (Å²) in [6.45, 7) is 3.46. The van der Waals surface area contributed by atoms with Gasteiger partial charge in [-0.05, 0) is 26.4 Å². The molecule has 2 aliphatic heterocycles. The predicted octanol–water partition coefficient (Wildman–Crippen LogP) is -0.181. The lowest BCUT2D eigenvalue weighted by Crippen LogP contribution is -2.42. The van der Waals surface area contributed by atoms with Crippen LogP contribution in [0, 0.1) is 0 Å². The van der Waals surface area contributed by atoms with Crippen LogP contribution >= 0.6 is 0 Å². The third kappa shape index (κ3) is 2.84. The van der Waals surface area contributed by atoms with Gasteiger partial charge < -0.3 is 5.32 Å². The Balaban J connectivity index is 1.81. The number of likely N-dealkylation sites (N-methyl/N-ethyl adjacent to an activating group) is 1. The number of amides is 2. The lowest BCUT2D eigenvalue weighted by Gasteiger charge is -2.26. The van der Waals surface area contributed by atoms with Crippen molar-refractivity contribution in [3.8, 4) is 0 Å². The van der Waals surface area contributed by atoms with Crippen molar-refractivity contribution in [2.75, 3.05) is 33.2 Å². The summed E-state index contributed by atoms with van der Waals surface area (Å²) in [7, 11) is 1.96. The minimum Gasteiger partial charge on any atom is -0.318 e. The summed E-state index contributed by atoms with van der Waals surface area (Å²) in [6.07, 6.45) is 3.23. The highest BCUT2D eigenvalue weighted by molar-refractivity contribution is 6.01. The number of imide groups is 1. The Bertz CT molecular complexity index is 290. The molecule has 0 aromatic heterocycles. The third-order valence-electron chi connectivity index (χ3n) is 3.70. The quantitative estimate of drug-likeness (QED) is 0.676. The van der Waals surface area contributed by atoms with Gasteiger partial charge in [0.1, 0.15) is 0 Å². The Morgan fingerprint density at radius 1 is 1.24 bits per heavy atom. The molecule has 1 unspecified atom stereocenters. The van der Waals surface area contributed by atoms with E-state index in [1.807, 2.05) is 7.05 Å². The van der Waals surface area contributed by atoms with Crippen molar-refractivity contribution in [2.45, 2.75) is 31.7 Å². The summed E-state index contributed by atoms with van der Waals surface area (Å²) in [5, 5.41) is 3.20. The summed E-state index contributed by atoms with van der Waals surface area (Å²) in [5.74, 6) is -0.00118. The lowest BCUT2D eigenvalue weighted by atomic mass is 10.2. The first-order chi connectivity index (χ1) is 8.22. The molecule has 0 bridgehead atoms. The largest absolute Gasteiger partial charge is 0.318 e. The molecule has 2 saturated heterocycles. The fourth-order valence-corrected chi connectivity index (χ4v) is 2.76. The SMILES string of the molecule is CNCC1CCCN1CCN1C(=O)CCC1=O. The van der Waals surface area contributed by atoms with Crippen LogP contribution in [0.5, 0.6) is 0 Å². The van der Waals surface area contributed by atoms with Crippen LogP contribution in [0.3, 0.4) is 0 Å². The molecule has 96 valence electrons. The average Bonchev–Trinajstić information content (AvgIpc) is 2.86. The number of carbonyl (C=O) groups is 2. The maximum absolute atomic E-state index is 11.5. The number of nitrogens with zero attached hydrogens (tertiary/aromatic N) is 2. The zero-order valence-electron chi connectivity index (χ0n) is 10.4. The van der Waals surface area contributed by atoms with Gasteiger partial charge in [0, 0.05) is 38.5 Å². The van der Waals surface area contributed by atoms with Gasteiger partial charge in [-0.2, -0.15) is 0 Å². The van der Waals surface area contributed by atoms with Crippen molar-refractivity contribution in [2.24, 2.45) is 0 Å². The topological polar surface area (TPSA) is 52.6 Å². The molecule has 2 rings (SSSR count). The van der Waals surface area contributed by atoms with E-state index in [1.165, 1.54) is 17.7 Å². The van der Waals surface area contributed by atoms with Crippen molar-refractivity contribution in [1.29, 1.82) is 0 Å². The monoisotopic (exact) mass is 239 g/mol. The lowest BCUT2D eigenvalue weighted by molar-refractivity contribution is -0.138. The van der Waals surface area contributed by atoms with E-state index in [9.17, 15) is 9.59 Å². The Morgan fingerprint density at radius 2 is 1.94 bits per heavy atom. The van der Waals surface area contributed by atoms with E-state index in [0.29, 0.717) is 25.4 Å². The zero-order chi connectivity index (χ0) is 12.3. The van der Waals surface area contributed by atoms with Crippen LogP contribution in [-0.2, 0) is 9.59 Å². The highest BCUT2D eigenvalue weighted by Gasteiger charge is 2.30. The maximum Gasteiger partial charge on any atom is 0.229 e. The molecule has 0 aliphatic carbocycles. The number of carbonyl (C=O) groups excluding carboxylic acids is 2. The van der Waals surface area contributed by atoms with Gasteiger partial charge in [-0.25, -0.2) is 0 Å². The Labute approximate surface area is 102 Å². The second-order valence-corrected chi connectivity index (χ2v) is 4.83. The van der Waals surface area contributed by atoms with Crippen LogP contribution in [0.4, 0.5) is 0 Å². The fraction of sp³-hybridized carbons (Fsp3) is 0.833. The first kappa shape index (κ1) is 12.5. The normalized spacial score (nSPS) is 26.2. The van der Waals surface area contributed by atoms with E-state index in [1.54, 1.807) is 0 Å². The molecule has 17 heavy (non-hydrogen) atoms. The summed E-state index contributed by atoms with van der Waals surface area (Å²) >= 11 is 0. The molecule has 0 radical (unpaired) electrons. The molecule has 5 heteroatoms. The smallest absolute Gasteiger partial charge is 0.229 e. The van der Waals surface area contributed by atoms with Crippen molar-refractivity contribution >= 4 is 11.8 Å². The second-order valence-electron chi connectivity index (χ2n) is 4.83. The van der Waals surface area contributed by atoms with Crippen LogP contribution in [-0.4, -0.2) is 60.9 Å². The minimum atomic E-state index is -0.000589. The van der Waals surface area contributed by atoms with Gasteiger partial charge in [0.25, 0.3) is 0 Å². The van der Waals surface area contributed by atoms with Gasteiger partial charge >= 0.3 is 0 Å². The number of rotatable bonds is 5. The average molecular weight is 239 g/mol. The maximum atomic E-state index is 11.5. The molecule has 2 heterocycles. The molecular formula is C12H21N3O2. The van der Waals surface area contributed by atoms with E-state index in [2.05, 4.69) is 10.2 Å². The number of hydrogen-bond acceptors (Lipinski definition) is 4. The molecule has 1 atom stereocenters. The molecule has 2 fully saturated rings. The standard InChI is InChI=1S/C12H21N3O2/c1-13-9-10-3-2-6-14(10)7-8-15-11(16)4-5-12(15)17/h10,13H,2-9H2,1H3. The van der Waals surface area contributed by atoms with Gasteiger partial charge in [-0.3, -0.25) is 19.4 Å². The first-order valence-electron chi connectivity index (χ1n) is 6.44. The Morgan fingerprint density at radius 3 is 2.59 bits per heavy atom.